The maximum atomic E-state index is 13.0. The van der Waals surface area contributed by atoms with Gasteiger partial charge in [-0.05, 0) is 36.8 Å². The van der Waals surface area contributed by atoms with Gasteiger partial charge in [-0.15, -0.1) is 11.3 Å². The summed E-state index contributed by atoms with van der Waals surface area (Å²) in [5.74, 6) is 1.69. The lowest BCUT2D eigenvalue weighted by Gasteiger charge is -2.10. The van der Waals surface area contributed by atoms with Crippen LogP contribution in [-0.2, 0) is 32.1 Å². The second-order valence-electron chi connectivity index (χ2n) is 7.20. The molecule has 0 saturated heterocycles. The highest BCUT2D eigenvalue weighted by atomic mass is 32.2. The third kappa shape index (κ3) is 3.62. The van der Waals surface area contributed by atoms with E-state index in [0.29, 0.717) is 29.0 Å². The van der Waals surface area contributed by atoms with E-state index in [9.17, 15) is 4.79 Å². The Labute approximate surface area is 176 Å². The molecule has 3 aromatic heterocycles. The maximum absolute atomic E-state index is 13.0. The second kappa shape index (κ2) is 7.76. The highest BCUT2D eigenvalue weighted by Crippen LogP contribution is 2.34. The van der Waals surface area contributed by atoms with Gasteiger partial charge in [-0.1, -0.05) is 47.3 Å². The molecule has 0 amide bonds. The average molecular weight is 425 g/mol. The zero-order valence-electron chi connectivity index (χ0n) is 16.1. The number of hydrogen-bond donors (Lipinski definition) is 0. The van der Waals surface area contributed by atoms with E-state index in [1.807, 2.05) is 30.3 Å². The number of fused-ring (bicyclic) bond motifs is 3. The van der Waals surface area contributed by atoms with Crippen molar-refractivity contribution < 1.29 is 4.52 Å². The predicted octanol–water partition coefficient (Wildman–Crippen LogP) is 4.14. The normalized spacial score (nSPS) is 13.7. The lowest BCUT2D eigenvalue weighted by atomic mass is 9.97. The Bertz CT molecular complexity index is 1230. The summed E-state index contributed by atoms with van der Waals surface area (Å²) in [7, 11) is 1.79. The molecule has 6 nitrogen and oxygen atoms in total. The largest absolute Gasteiger partial charge is 0.338 e. The summed E-state index contributed by atoms with van der Waals surface area (Å²) in [5, 5.41) is 5.57. The van der Waals surface area contributed by atoms with Crippen LogP contribution in [0.4, 0.5) is 0 Å². The van der Waals surface area contributed by atoms with Gasteiger partial charge in [-0.25, -0.2) is 4.98 Å². The van der Waals surface area contributed by atoms with Gasteiger partial charge < -0.3 is 4.52 Å². The van der Waals surface area contributed by atoms with E-state index >= 15 is 0 Å². The molecule has 8 heteroatoms. The van der Waals surface area contributed by atoms with Crippen molar-refractivity contribution in [3.63, 3.8) is 0 Å². The number of rotatable bonds is 5. The fourth-order valence-electron chi connectivity index (χ4n) is 3.72. The first kappa shape index (κ1) is 18.6. The Morgan fingerprint density at radius 1 is 1.17 bits per heavy atom. The van der Waals surface area contributed by atoms with Crippen molar-refractivity contribution in [1.82, 2.24) is 19.7 Å². The summed E-state index contributed by atoms with van der Waals surface area (Å²) < 4.78 is 7.04. The zero-order valence-corrected chi connectivity index (χ0v) is 17.7. The minimum Gasteiger partial charge on any atom is -0.338 e. The van der Waals surface area contributed by atoms with Gasteiger partial charge in [0.25, 0.3) is 5.56 Å². The molecule has 0 fully saturated rings. The van der Waals surface area contributed by atoms with Crippen LogP contribution in [0.2, 0.25) is 0 Å². The van der Waals surface area contributed by atoms with Crippen molar-refractivity contribution in [3.8, 4) is 0 Å². The molecule has 0 atom stereocenters. The van der Waals surface area contributed by atoms with Crippen molar-refractivity contribution in [1.29, 1.82) is 0 Å². The zero-order chi connectivity index (χ0) is 19.8. The minimum absolute atomic E-state index is 0.0483. The van der Waals surface area contributed by atoms with Crippen LogP contribution in [0.15, 0.2) is 44.8 Å². The summed E-state index contributed by atoms with van der Waals surface area (Å²) in [6, 6.07) is 10.1. The smallest absolute Gasteiger partial charge is 0.262 e. The molecule has 1 aliphatic rings. The lowest BCUT2D eigenvalue weighted by molar-refractivity contribution is 0.385. The fraction of sp³-hybridized carbons (Fsp3) is 0.333. The Morgan fingerprint density at radius 2 is 2.00 bits per heavy atom. The van der Waals surface area contributed by atoms with Crippen molar-refractivity contribution >= 4 is 33.3 Å². The van der Waals surface area contributed by atoms with Crippen molar-refractivity contribution in [2.75, 3.05) is 0 Å². The molecule has 0 N–H and O–H groups in total. The quantitative estimate of drug-likeness (QED) is 0.354. The molecule has 0 unspecified atom stereocenters. The monoisotopic (exact) mass is 424 g/mol. The minimum atomic E-state index is 0.0483. The Morgan fingerprint density at radius 3 is 2.86 bits per heavy atom. The van der Waals surface area contributed by atoms with E-state index in [-0.39, 0.29) is 5.56 Å². The molecule has 0 bridgehead atoms. The Balaban J connectivity index is 1.36. The molecule has 29 heavy (non-hydrogen) atoms. The van der Waals surface area contributed by atoms with Crippen molar-refractivity contribution in [2.24, 2.45) is 7.05 Å². The molecule has 1 aliphatic carbocycles. The van der Waals surface area contributed by atoms with Crippen LogP contribution in [0.3, 0.4) is 0 Å². The number of thiophene rings is 1. The molecule has 0 spiro atoms. The van der Waals surface area contributed by atoms with E-state index in [0.717, 1.165) is 35.0 Å². The first-order valence-electron chi connectivity index (χ1n) is 9.68. The number of benzene rings is 1. The topological polar surface area (TPSA) is 73.8 Å². The van der Waals surface area contributed by atoms with E-state index in [4.69, 9.17) is 9.51 Å². The van der Waals surface area contributed by atoms with Gasteiger partial charge in [-0.2, -0.15) is 4.98 Å². The molecule has 0 saturated carbocycles. The molecule has 4 aromatic rings. The standard InChI is InChI=1S/C21H20N4O2S2/c1-25-20(26)18-14-9-5-6-10-15(14)29-19(18)23-21(25)28-12-17-22-16(24-27-17)11-13-7-3-2-4-8-13/h2-4,7-8H,5-6,9-12H2,1H3. The number of thioether (sulfide) groups is 1. The van der Waals surface area contributed by atoms with Gasteiger partial charge in [0.2, 0.25) is 5.89 Å². The van der Waals surface area contributed by atoms with Gasteiger partial charge in [0.15, 0.2) is 11.0 Å². The van der Waals surface area contributed by atoms with Gasteiger partial charge >= 0.3 is 0 Å². The van der Waals surface area contributed by atoms with Crippen LogP contribution in [-0.4, -0.2) is 19.7 Å². The van der Waals surface area contributed by atoms with Crippen LogP contribution >= 0.6 is 23.1 Å². The van der Waals surface area contributed by atoms with Crippen LogP contribution < -0.4 is 5.56 Å². The van der Waals surface area contributed by atoms with E-state index < -0.39 is 0 Å². The number of aryl methyl sites for hydroxylation is 2. The molecule has 3 heterocycles. The average Bonchev–Trinajstić information content (AvgIpc) is 3.34. The summed E-state index contributed by atoms with van der Waals surface area (Å²) >= 11 is 3.13. The first-order valence-corrected chi connectivity index (χ1v) is 11.5. The van der Waals surface area contributed by atoms with Crippen molar-refractivity contribution in [3.05, 3.63) is 68.4 Å². The third-order valence-electron chi connectivity index (χ3n) is 5.20. The number of aromatic nitrogens is 4. The van der Waals surface area contributed by atoms with Crippen LogP contribution in [0.25, 0.3) is 10.2 Å². The fourth-order valence-corrected chi connectivity index (χ4v) is 5.83. The first-order chi connectivity index (χ1) is 14.2. The van der Waals surface area contributed by atoms with Crippen LogP contribution in [0, 0.1) is 0 Å². The molecule has 0 aliphatic heterocycles. The highest BCUT2D eigenvalue weighted by Gasteiger charge is 2.21. The van der Waals surface area contributed by atoms with E-state index in [1.54, 1.807) is 23.0 Å². The summed E-state index contributed by atoms with van der Waals surface area (Å²) in [4.78, 5) is 24.4. The SMILES string of the molecule is Cn1c(SCc2nc(Cc3ccccc3)no2)nc2sc3c(c2c1=O)CCCC3. The molecular weight excluding hydrogens is 404 g/mol. The molecule has 148 valence electrons. The van der Waals surface area contributed by atoms with Gasteiger partial charge in [0, 0.05) is 18.3 Å². The number of hydrogen-bond acceptors (Lipinski definition) is 7. The summed E-state index contributed by atoms with van der Waals surface area (Å²) in [5.41, 5.74) is 2.42. The second-order valence-corrected chi connectivity index (χ2v) is 9.23. The summed E-state index contributed by atoms with van der Waals surface area (Å²) in [6.07, 6.45) is 5.04. The van der Waals surface area contributed by atoms with Gasteiger partial charge in [-0.3, -0.25) is 9.36 Å². The van der Waals surface area contributed by atoms with Crippen molar-refractivity contribution in [2.45, 2.75) is 43.0 Å². The van der Waals surface area contributed by atoms with Crippen LogP contribution in [0.1, 0.15) is 40.6 Å². The lowest BCUT2D eigenvalue weighted by Crippen LogP contribution is -2.20. The van der Waals surface area contributed by atoms with Crippen LogP contribution in [0.5, 0.6) is 0 Å². The molecule has 1 aromatic carbocycles. The molecule has 0 radical (unpaired) electrons. The van der Waals surface area contributed by atoms with E-state index in [1.165, 1.54) is 28.6 Å². The molecular formula is C21H20N4O2S2. The predicted molar refractivity (Wildman–Crippen MR) is 115 cm³/mol. The van der Waals surface area contributed by atoms with E-state index in [2.05, 4.69) is 10.1 Å². The highest BCUT2D eigenvalue weighted by molar-refractivity contribution is 7.98. The van der Waals surface area contributed by atoms with Gasteiger partial charge in [0.05, 0.1) is 11.1 Å². The Kier molecular flexibility index (Phi) is 4.97. The third-order valence-corrected chi connectivity index (χ3v) is 7.40. The Hall–Kier alpha value is -2.45. The van der Waals surface area contributed by atoms with Gasteiger partial charge in [0.1, 0.15) is 4.83 Å². The number of nitrogens with zero attached hydrogens (tertiary/aromatic N) is 4. The maximum Gasteiger partial charge on any atom is 0.262 e. The summed E-state index contributed by atoms with van der Waals surface area (Å²) in [6.45, 7) is 0. The molecule has 5 rings (SSSR count).